The van der Waals surface area contributed by atoms with Crippen LogP contribution < -0.4 is 9.47 Å². The van der Waals surface area contributed by atoms with Gasteiger partial charge in [-0.1, -0.05) is 52.0 Å². The smallest absolute Gasteiger partial charge is 0.317 e. The third-order valence-corrected chi connectivity index (χ3v) is 11.7. The standard InChI is InChI=1S/C39H42O9/c1-35(2)23-7-11-27(12-8-23)47-33(42)38(5)19-36(3)17-25(40)15-29(31(36)38)45-21-44-22-46-30-16-26(41)18-37(4)20-39(6,32(30)37)34(43)48-28-13-9-24(35)10-14-28/h7-16,31-32H,17-22H2,1-6H3. The van der Waals surface area contributed by atoms with E-state index in [0.717, 1.165) is 11.1 Å². The van der Waals surface area contributed by atoms with Crippen LogP contribution in [0.25, 0.3) is 0 Å². The van der Waals surface area contributed by atoms with E-state index >= 15 is 0 Å². The van der Waals surface area contributed by atoms with Gasteiger partial charge in [-0.25, -0.2) is 0 Å². The molecule has 0 saturated heterocycles. The van der Waals surface area contributed by atoms with Gasteiger partial charge in [0.2, 0.25) is 0 Å². The van der Waals surface area contributed by atoms with Crippen LogP contribution in [0, 0.1) is 33.5 Å². The molecule has 2 saturated carbocycles. The predicted molar refractivity (Wildman–Crippen MR) is 173 cm³/mol. The Labute approximate surface area is 280 Å². The van der Waals surface area contributed by atoms with E-state index in [4.69, 9.17) is 23.7 Å². The summed E-state index contributed by atoms with van der Waals surface area (Å²) >= 11 is 0. The monoisotopic (exact) mass is 654 g/mol. The number of carbonyl (C=O) groups is 4. The van der Waals surface area contributed by atoms with Gasteiger partial charge >= 0.3 is 11.9 Å². The Hall–Kier alpha value is -4.24. The summed E-state index contributed by atoms with van der Waals surface area (Å²) in [7, 11) is 0. The number of fused-ring (bicyclic) bond motifs is 2. The van der Waals surface area contributed by atoms with Crippen LogP contribution in [0.2, 0.25) is 0 Å². The Morgan fingerprint density at radius 2 is 0.938 bits per heavy atom. The molecule has 3 aliphatic heterocycles. The molecule has 0 spiro atoms. The quantitative estimate of drug-likeness (QED) is 0.230. The summed E-state index contributed by atoms with van der Waals surface area (Å²) in [6.45, 7) is 11.4. The summed E-state index contributed by atoms with van der Waals surface area (Å²) < 4.78 is 29.6. The molecule has 3 heterocycles. The first-order valence-corrected chi connectivity index (χ1v) is 16.6. The van der Waals surface area contributed by atoms with Gasteiger partial charge in [-0.05, 0) is 72.9 Å². The maximum absolute atomic E-state index is 13.7. The summed E-state index contributed by atoms with van der Waals surface area (Å²) in [6, 6.07) is 15.0. The van der Waals surface area contributed by atoms with Gasteiger partial charge in [0.25, 0.3) is 0 Å². The molecule has 0 aromatic heterocycles. The van der Waals surface area contributed by atoms with Gasteiger partial charge in [0.1, 0.15) is 23.0 Å². The van der Waals surface area contributed by atoms with E-state index in [-0.39, 0.29) is 48.9 Å². The van der Waals surface area contributed by atoms with Crippen LogP contribution in [0.15, 0.2) is 72.2 Å². The number of esters is 2. The molecular formula is C39H42O9. The molecule has 2 aromatic rings. The maximum Gasteiger partial charge on any atom is 0.317 e. The molecule has 2 fully saturated rings. The van der Waals surface area contributed by atoms with Crippen molar-refractivity contribution in [2.24, 2.45) is 33.5 Å². The second-order valence-electron chi connectivity index (χ2n) is 15.9. The average Bonchev–Trinajstić information content (AvgIpc) is 2.99. The van der Waals surface area contributed by atoms with Gasteiger partial charge in [0.05, 0.1) is 10.8 Å². The van der Waals surface area contributed by atoms with Gasteiger partial charge in [0.15, 0.2) is 25.2 Å². The van der Waals surface area contributed by atoms with Crippen LogP contribution in [0.5, 0.6) is 11.5 Å². The molecule has 2 aromatic carbocycles. The molecule has 0 radical (unpaired) electrons. The number of ether oxygens (including phenoxy) is 5. The van der Waals surface area contributed by atoms with Crippen LogP contribution in [0.1, 0.15) is 78.4 Å². The number of benzene rings is 2. The van der Waals surface area contributed by atoms with E-state index in [0.29, 0.717) is 48.7 Å². The van der Waals surface area contributed by atoms with Gasteiger partial charge in [-0.15, -0.1) is 0 Å². The van der Waals surface area contributed by atoms with Crippen molar-refractivity contribution in [2.75, 3.05) is 13.6 Å². The Morgan fingerprint density at radius 1 is 0.562 bits per heavy atom. The van der Waals surface area contributed by atoms with Crippen molar-refractivity contribution in [3.63, 3.8) is 0 Å². The lowest BCUT2D eigenvalue weighted by molar-refractivity contribution is -0.192. The normalized spacial score (nSPS) is 35.9. The third kappa shape index (κ3) is 5.00. The van der Waals surface area contributed by atoms with Crippen LogP contribution in [0.4, 0.5) is 0 Å². The molecule has 9 rings (SSSR count). The predicted octanol–water partition coefficient (Wildman–Crippen LogP) is 6.58. The molecule has 48 heavy (non-hydrogen) atoms. The summed E-state index contributed by atoms with van der Waals surface area (Å²) in [5.74, 6) is -0.0553. The highest BCUT2D eigenvalue weighted by Crippen LogP contribution is 2.67. The van der Waals surface area contributed by atoms with Crippen LogP contribution in [-0.2, 0) is 38.8 Å². The number of allylic oxidation sites excluding steroid dienone is 4. The van der Waals surface area contributed by atoms with Crippen LogP contribution in [0.3, 0.4) is 0 Å². The molecule has 6 atom stereocenters. The number of rotatable bonds is 0. The summed E-state index contributed by atoms with van der Waals surface area (Å²) in [4.78, 5) is 52.8. The zero-order valence-electron chi connectivity index (χ0n) is 28.3. The minimum Gasteiger partial charge on any atom is -0.471 e. The lowest BCUT2D eigenvalue weighted by atomic mass is 9.43. The molecule has 4 bridgehead atoms. The minimum atomic E-state index is -0.910. The summed E-state index contributed by atoms with van der Waals surface area (Å²) in [5, 5.41) is 0. The topological polar surface area (TPSA) is 114 Å². The molecule has 4 aliphatic carbocycles. The van der Waals surface area contributed by atoms with E-state index in [1.807, 2.05) is 52.0 Å². The first kappa shape index (κ1) is 32.3. The molecule has 252 valence electrons. The lowest BCUT2D eigenvalue weighted by Gasteiger charge is -2.60. The summed E-state index contributed by atoms with van der Waals surface area (Å²) in [6.07, 6.45) is 4.48. The van der Waals surface area contributed by atoms with E-state index in [1.54, 1.807) is 24.3 Å². The molecular weight excluding hydrogens is 612 g/mol. The van der Waals surface area contributed by atoms with E-state index in [1.165, 1.54) is 12.2 Å². The zero-order valence-corrected chi connectivity index (χ0v) is 28.3. The first-order chi connectivity index (χ1) is 22.6. The van der Waals surface area contributed by atoms with Crippen molar-refractivity contribution < 1.29 is 42.9 Å². The van der Waals surface area contributed by atoms with Gasteiger partial charge < -0.3 is 23.7 Å². The SMILES string of the molecule is CC1(C)c2ccc(cc2)OC(=O)C2(C)CC3(C)CC(=O)C=C(OCOCOC4=CC(=O)CC5(C)CC(C)(C(=O)Oc6ccc1cc6)C45)C32. The Bertz CT molecular complexity index is 1640. The largest absolute Gasteiger partial charge is 0.471 e. The van der Waals surface area contributed by atoms with E-state index < -0.39 is 27.1 Å². The second-order valence-corrected chi connectivity index (χ2v) is 15.9. The van der Waals surface area contributed by atoms with Crippen molar-refractivity contribution in [2.45, 2.75) is 72.6 Å². The molecule has 0 amide bonds. The summed E-state index contributed by atoms with van der Waals surface area (Å²) in [5.41, 5.74) is -1.11. The molecule has 9 nitrogen and oxygen atoms in total. The van der Waals surface area contributed by atoms with Crippen LogP contribution in [-0.4, -0.2) is 37.1 Å². The van der Waals surface area contributed by atoms with Crippen molar-refractivity contribution >= 4 is 23.5 Å². The first-order valence-electron chi connectivity index (χ1n) is 16.6. The van der Waals surface area contributed by atoms with Crippen molar-refractivity contribution in [1.29, 1.82) is 0 Å². The fourth-order valence-corrected chi connectivity index (χ4v) is 9.76. The zero-order chi connectivity index (χ0) is 34.3. The maximum atomic E-state index is 13.7. The van der Waals surface area contributed by atoms with Gasteiger partial charge in [-0.2, -0.15) is 0 Å². The highest BCUT2D eigenvalue weighted by Gasteiger charge is 2.68. The van der Waals surface area contributed by atoms with Crippen molar-refractivity contribution in [3.05, 3.63) is 83.3 Å². The third-order valence-electron chi connectivity index (χ3n) is 11.7. The number of hydrogen-bond donors (Lipinski definition) is 0. The highest BCUT2D eigenvalue weighted by atomic mass is 16.7. The fraction of sp³-hybridized carbons (Fsp3) is 0.487. The highest BCUT2D eigenvalue weighted by molar-refractivity contribution is 5.94. The van der Waals surface area contributed by atoms with E-state index in [9.17, 15) is 19.2 Å². The molecule has 0 N–H and O–H groups in total. The second kappa shape index (κ2) is 10.9. The molecule has 6 unspecified atom stereocenters. The van der Waals surface area contributed by atoms with Gasteiger partial charge in [-0.3, -0.25) is 19.2 Å². The fourth-order valence-electron chi connectivity index (χ4n) is 9.76. The lowest BCUT2D eigenvalue weighted by Crippen LogP contribution is -2.61. The van der Waals surface area contributed by atoms with E-state index in [2.05, 4.69) is 13.8 Å². The Morgan fingerprint density at radius 3 is 1.31 bits per heavy atom. The molecule has 9 heteroatoms. The number of ketones is 2. The number of carbonyl (C=O) groups excluding carboxylic acids is 4. The number of hydrogen-bond acceptors (Lipinski definition) is 9. The average molecular weight is 655 g/mol. The van der Waals surface area contributed by atoms with Gasteiger partial charge in [0, 0.05) is 42.2 Å². The minimum absolute atomic E-state index is 0.0717. The van der Waals surface area contributed by atoms with Crippen molar-refractivity contribution in [3.8, 4) is 11.5 Å². The van der Waals surface area contributed by atoms with Crippen LogP contribution >= 0.6 is 0 Å². The molecule has 7 aliphatic rings. The Kier molecular flexibility index (Phi) is 7.33. The van der Waals surface area contributed by atoms with Crippen molar-refractivity contribution in [1.82, 2.24) is 0 Å². The Balaban J connectivity index is 1.21.